The second-order valence-corrected chi connectivity index (χ2v) is 7.71. The molecule has 1 fully saturated rings. The summed E-state index contributed by atoms with van der Waals surface area (Å²) in [5.74, 6) is 1.51. The normalized spacial score (nSPS) is 16.2. The van der Waals surface area contributed by atoms with Crippen molar-refractivity contribution in [2.24, 2.45) is 10.4 Å². The number of morpholine rings is 1. The van der Waals surface area contributed by atoms with Crippen molar-refractivity contribution in [1.82, 2.24) is 20.9 Å². The smallest absolute Gasteiger partial charge is 0.227 e. The molecule has 1 aliphatic rings. The van der Waals surface area contributed by atoms with Gasteiger partial charge in [0.1, 0.15) is 5.75 Å². The van der Waals surface area contributed by atoms with Crippen LogP contribution >= 0.6 is 24.0 Å². The third-order valence-corrected chi connectivity index (χ3v) is 5.21. The third-order valence-electron chi connectivity index (χ3n) is 5.21. The molecule has 0 radical (unpaired) electrons. The molecular formula is C21H36IN5O3. The van der Waals surface area contributed by atoms with Crippen LogP contribution in [0.15, 0.2) is 29.3 Å². The first-order chi connectivity index (χ1) is 13.9. The molecule has 2 rings (SSSR count). The summed E-state index contributed by atoms with van der Waals surface area (Å²) in [6.45, 7) is 8.21. The minimum absolute atomic E-state index is 0. The van der Waals surface area contributed by atoms with Crippen LogP contribution in [0.3, 0.4) is 0 Å². The molecule has 9 heteroatoms. The molecule has 0 saturated carbocycles. The Bertz CT molecular complexity index is 676. The number of ether oxygens (including phenoxy) is 2. The Morgan fingerprint density at radius 1 is 1.23 bits per heavy atom. The molecule has 1 saturated heterocycles. The van der Waals surface area contributed by atoms with Gasteiger partial charge in [0, 0.05) is 40.3 Å². The van der Waals surface area contributed by atoms with Gasteiger partial charge in [-0.05, 0) is 31.5 Å². The van der Waals surface area contributed by atoms with Crippen LogP contribution < -0.4 is 20.7 Å². The summed E-state index contributed by atoms with van der Waals surface area (Å²) in [6, 6.07) is 8.36. The third kappa shape index (κ3) is 7.59. The average Bonchev–Trinajstić information content (AvgIpc) is 2.76. The Morgan fingerprint density at radius 2 is 1.87 bits per heavy atom. The Balaban J connectivity index is 0.00000450. The number of guanidine groups is 1. The highest BCUT2D eigenvalue weighted by molar-refractivity contribution is 14.0. The van der Waals surface area contributed by atoms with Crippen LogP contribution in [-0.4, -0.2) is 77.4 Å². The minimum atomic E-state index is -0.536. The maximum atomic E-state index is 12.0. The number of rotatable bonds is 8. The topological polar surface area (TPSA) is 87.2 Å². The number of benzene rings is 1. The van der Waals surface area contributed by atoms with Crippen molar-refractivity contribution in [3.63, 3.8) is 0 Å². The monoisotopic (exact) mass is 533 g/mol. The zero-order valence-electron chi connectivity index (χ0n) is 18.7. The first-order valence-corrected chi connectivity index (χ1v) is 10.0. The van der Waals surface area contributed by atoms with E-state index in [1.165, 1.54) is 5.56 Å². The lowest BCUT2D eigenvalue weighted by Crippen LogP contribution is -2.49. The van der Waals surface area contributed by atoms with E-state index in [0.717, 1.165) is 32.1 Å². The SMILES string of the molecule is CN=C(NCC(c1ccc(OC)cc1)N1CCOCC1)NCC(C)(C)C(=O)NC.I. The second-order valence-electron chi connectivity index (χ2n) is 7.71. The quantitative estimate of drug-likeness (QED) is 0.268. The molecule has 1 amide bonds. The van der Waals surface area contributed by atoms with Crippen LogP contribution in [0, 0.1) is 5.41 Å². The second kappa shape index (κ2) is 13.0. The van der Waals surface area contributed by atoms with E-state index in [-0.39, 0.29) is 35.9 Å². The molecule has 1 heterocycles. The number of carbonyl (C=O) groups is 1. The zero-order chi connectivity index (χ0) is 21.3. The van der Waals surface area contributed by atoms with Crippen molar-refractivity contribution in [1.29, 1.82) is 0 Å². The molecule has 170 valence electrons. The fourth-order valence-corrected chi connectivity index (χ4v) is 3.31. The Labute approximate surface area is 197 Å². The summed E-state index contributed by atoms with van der Waals surface area (Å²) in [5, 5.41) is 9.39. The van der Waals surface area contributed by atoms with Gasteiger partial charge >= 0.3 is 0 Å². The van der Waals surface area contributed by atoms with Gasteiger partial charge in [0.2, 0.25) is 5.91 Å². The summed E-state index contributed by atoms with van der Waals surface area (Å²) in [5.41, 5.74) is 0.674. The Kier molecular flexibility index (Phi) is 11.4. The first kappa shape index (κ1) is 26.4. The predicted molar refractivity (Wildman–Crippen MR) is 131 cm³/mol. The Hall–Kier alpha value is -1.59. The van der Waals surface area contributed by atoms with Crippen molar-refractivity contribution in [2.75, 3.05) is 60.6 Å². The number of methoxy groups -OCH3 is 1. The molecule has 1 atom stereocenters. The van der Waals surface area contributed by atoms with E-state index in [0.29, 0.717) is 19.0 Å². The molecule has 8 nitrogen and oxygen atoms in total. The number of nitrogens with one attached hydrogen (secondary N) is 3. The standard InChI is InChI=1S/C21H35N5O3.HI/c1-21(2,19(27)22-3)15-25-20(23-4)24-14-18(26-10-12-29-13-11-26)16-6-8-17(28-5)9-7-16;/h6-9,18H,10-15H2,1-5H3,(H,22,27)(H2,23,24,25);1H. The number of hydrogen-bond acceptors (Lipinski definition) is 5. The number of aliphatic imine (C=N–C) groups is 1. The van der Waals surface area contributed by atoms with E-state index in [9.17, 15) is 4.79 Å². The van der Waals surface area contributed by atoms with Gasteiger partial charge in [-0.2, -0.15) is 0 Å². The maximum Gasteiger partial charge on any atom is 0.227 e. The van der Waals surface area contributed by atoms with Crippen LogP contribution in [0.2, 0.25) is 0 Å². The van der Waals surface area contributed by atoms with E-state index < -0.39 is 5.41 Å². The lowest BCUT2D eigenvalue weighted by Gasteiger charge is -2.35. The van der Waals surface area contributed by atoms with Crippen LogP contribution in [0.25, 0.3) is 0 Å². The van der Waals surface area contributed by atoms with Crippen LogP contribution in [0.5, 0.6) is 5.75 Å². The summed E-state index contributed by atoms with van der Waals surface area (Å²) in [7, 11) is 5.06. The van der Waals surface area contributed by atoms with Crippen molar-refractivity contribution in [2.45, 2.75) is 19.9 Å². The van der Waals surface area contributed by atoms with E-state index in [1.54, 1.807) is 21.2 Å². The number of amides is 1. The van der Waals surface area contributed by atoms with E-state index in [1.807, 2.05) is 26.0 Å². The van der Waals surface area contributed by atoms with Crippen molar-refractivity contribution < 1.29 is 14.3 Å². The van der Waals surface area contributed by atoms with Crippen molar-refractivity contribution in [3.05, 3.63) is 29.8 Å². The van der Waals surface area contributed by atoms with Crippen LogP contribution in [-0.2, 0) is 9.53 Å². The molecule has 1 unspecified atom stereocenters. The minimum Gasteiger partial charge on any atom is -0.497 e. The number of carbonyl (C=O) groups excluding carboxylic acids is 1. The molecule has 0 aromatic heterocycles. The predicted octanol–water partition coefficient (Wildman–Crippen LogP) is 1.62. The van der Waals surface area contributed by atoms with Crippen molar-refractivity contribution >= 4 is 35.8 Å². The molecule has 1 aliphatic heterocycles. The van der Waals surface area contributed by atoms with Gasteiger partial charge in [0.15, 0.2) is 5.96 Å². The van der Waals surface area contributed by atoms with Crippen LogP contribution in [0.4, 0.5) is 0 Å². The fraction of sp³-hybridized carbons (Fsp3) is 0.619. The molecule has 0 spiro atoms. The molecule has 0 bridgehead atoms. The summed E-state index contributed by atoms with van der Waals surface area (Å²) < 4.78 is 10.8. The summed E-state index contributed by atoms with van der Waals surface area (Å²) in [4.78, 5) is 18.7. The average molecular weight is 533 g/mol. The fourth-order valence-electron chi connectivity index (χ4n) is 3.31. The lowest BCUT2D eigenvalue weighted by atomic mass is 9.92. The largest absolute Gasteiger partial charge is 0.497 e. The number of halogens is 1. The van der Waals surface area contributed by atoms with Crippen LogP contribution in [0.1, 0.15) is 25.5 Å². The van der Waals surface area contributed by atoms with Gasteiger partial charge < -0.3 is 25.4 Å². The van der Waals surface area contributed by atoms with Gasteiger partial charge in [-0.1, -0.05) is 12.1 Å². The summed E-state index contributed by atoms with van der Waals surface area (Å²) >= 11 is 0. The van der Waals surface area contributed by atoms with E-state index in [2.05, 4.69) is 38.0 Å². The van der Waals surface area contributed by atoms with Gasteiger partial charge in [-0.3, -0.25) is 14.7 Å². The van der Waals surface area contributed by atoms with Gasteiger partial charge in [0.05, 0.1) is 31.8 Å². The van der Waals surface area contributed by atoms with Gasteiger partial charge in [-0.25, -0.2) is 0 Å². The number of nitrogens with zero attached hydrogens (tertiary/aromatic N) is 2. The van der Waals surface area contributed by atoms with Crippen molar-refractivity contribution in [3.8, 4) is 5.75 Å². The highest BCUT2D eigenvalue weighted by atomic mass is 127. The maximum absolute atomic E-state index is 12.0. The van der Waals surface area contributed by atoms with E-state index in [4.69, 9.17) is 9.47 Å². The molecule has 1 aromatic carbocycles. The molecule has 3 N–H and O–H groups in total. The van der Waals surface area contributed by atoms with Gasteiger partial charge in [-0.15, -0.1) is 24.0 Å². The highest BCUT2D eigenvalue weighted by Gasteiger charge is 2.27. The highest BCUT2D eigenvalue weighted by Crippen LogP contribution is 2.23. The lowest BCUT2D eigenvalue weighted by molar-refractivity contribution is -0.128. The van der Waals surface area contributed by atoms with E-state index >= 15 is 0 Å². The first-order valence-electron chi connectivity index (χ1n) is 10.0. The number of hydrogen-bond donors (Lipinski definition) is 3. The molecular weight excluding hydrogens is 497 g/mol. The molecule has 30 heavy (non-hydrogen) atoms. The Morgan fingerprint density at radius 3 is 2.40 bits per heavy atom. The molecule has 0 aliphatic carbocycles. The molecule has 1 aromatic rings. The zero-order valence-corrected chi connectivity index (χ0v) is 21.0. The summed E-state index contributed by atoms with van der Waals surface area (Å²) in [6.07, 6.45) is 0. The van der Waals surface area contributed by atoms with Gasteiger partial charge in [0.25, 0.3) is 0 Å².